The van der Waals surface area contributed by atoms with Crippen LogP contribution in [0.25, 0.3) is 0 Å². The summed E-state index contributed by atoms with van der Waals surface area (Å²) in [4.78, 5) is 55.1. The number of aliphatic carboxylic acids is 3. The molecule has 0 aromatic heterocycles. The fourth-order valence-corrected chi connectivity index (χ4v) is 3.24. The molecule has 0 bridgehead atoms. The Morgan fingerprint density at radius 1 is 0.854 bits per heavy atom. The first-order valence-electron chi connectivity index (χ1n) is 13.3. The number of carbonyl (C=O) groups is 5. The van der Waals surface area contributed by atoms with Crippen LogP contribution in [-0.4, -0.2) is 82.5 Å². The second kappa shape index (κ2) is 20.3. The van der Waals surface area contributed by atoms with Crippen molar-refractivity contribution in [1.82, 2.24) is 5.32 Å². The van der Waals surface area contributed by atoms with Gasteiger partial charge in [-0.3, -0.25) is 19.2 Å². The molecule has 4 unspecified atom stereocenters. The molecule has 0 aliphatic heterocycles. The number of esters is 2. The van der Waals surface area contributed by atoms with Crippen LogP contribution < -0.4 is 27.3 Å². The zero-order valence-electron chi connectivity index (χ0n) is 23.8. The molecule has 10 N–H and O–H groups in total. The van der Waals surface area contributed by atoms with E-state index in [2.05, 4.69) is 5.32 Å². The summed E-state index contributed by atoms with van der Waals surface area (Å²) in [5.74, 6) is -3.70. The van der Waals surface area contributed by atoms with Crippen molar-refractivity contribution < 1.29 is 48.8 Å². The van der Waals surface area contributed by atoms with E-state index in [1.54, 1.807) is 12.1 Å². The molecule has 0 saturated heterocycles. The van der Waals surface area contributed by atoms with Gasteiger partial charge in [-0.15, -0.1) is 0 Å². The SMILES string of the molecule is CCCNC(CCOC(=O)C(N)CC(C)C)C(=O)O.NC(Cc1ccc(OC(=O)C(N)CCC(=O)O)cc1)C(=O)O. The summed E-state index contributed by atoms with van der Waals surface area (Å²) in [7, 11) is 0. The summed E-state index contributed by atoms with van der Waals surface area (Å²) in [6.45, 7) is 6.59. The van der Waals surface area contributed by atoms with Gasteiger partial charge in [-0.25, -0.2) is 4.79 Å². The second-order valence-electron chi connectivity index (χ2n) is 9.79. The molecule has 0 amide bonds. The van der Waals surface area contributed by atoms with Crippen molar-refractivity contribution in [3.05, 3.63) is 29.8 Å². The van der Waals surface area contributed by atoms with Crippen molar-refractivity contribution in [2.45, 2.75) is 83.5 Å². The van der Waals surface area contributed by atoms with E-state index in [0.29, 0.717) is 24.4 Å². The summed E-state index contributed by atoms with van der Waals surface area (Å²) in [6.07, 6.45) is 1.58. The maximum Gasteiger partial charge on any atom is 0.328 e. The van der Waals surface area contributed by atoms with E-state index < -0.39 is 54.0 Å². The molecule has 0 aliphatic carbocycles. The topological polar surface area (TPSA) is 255 Å². The van der Waals surface area contributed by atoms with E-state index in [1.807, 2.05) is 20.8 Å². The molecule has 0 saturated carbocycles. The monoisotopic (exact) mass is 584 g/mol. The molecule has 41 heavy (non-hydrogen) atoms. The number of nitrogens with one attached hydrogen (secondary N) is 1. The van der Waals surface area contributed by atoms with Crippen molar-refractivity contribution in [3.63, 3.8) is 0 Å². The van der Waals surface area contributed by atoms with Gasteiger partial charge in [0.15, 0.2) is 0 Å². The van der Waals surface area contributed by atoms with Crippen LogP contribution in [0.15, 0.2) is 24.3 Å². The van der Waals surface area contributed by atoms with Gasteiger partial charge in [-0.05, 0) is 55.8 Å². The quantitative estimate of drug-likeness (QED) is 0.0915. The van der Waals surface area contributed by atoms with Gasteiger partial charge in [0.25, 0.3) is 0 Å². The number of carboxylic acids is 3. The molecular formula is C27H44N4O10. The van der Waals surface area contributed by atoms with E-state index in [1.165, 1.54) is 12.1 Å². The lowest BCUT2D eigenvalue weighted by Crippen LogP contribution is -2.39. The molecule has 0 radical (unpaired) electrons. The van der Waals surface area contributed by atoms with Gasteiger partial charge < -0.3 is 47.3 Å². The Bertz CT molecular complexity index is 971. The van der Waals surface area contributed by atoms with Crippen molar-refractivity contribution >= 4 is 29.8 Å². The molecule has 1 aromatic rings. The summed E-state index contributed by atoms with van der Waals surface area (Å²) in [5, 5.41) is 29.1. The van der Waals surface area contributed by atoms with Crippen molar-refractivity contribution in [2.24, 2.45) is 23.1 Å². The number of ether oxygens (including phenoxy) is 2. The van der Waals surface area contributed by atoms with Crippen molar-refractivity contribution in [1.29, 1.82) is 0 Å². The normalized spacial score (nSPS) is 13.6. The minimum atomic E-state index is -1.10. The minimum Gasteiger partial charge on any atom is -0.481 e. The number of rotatable bonds is 18. The first-order valence-corrected chi connectivity index (χ1v) is 13.3. The molecule has 14 heteroatoms. The van der Waals surface area contributed by atoms with Gasteiger partial charge in [0.2, 0.25) is 0 Å². The fourth-order valence-electron chi connectivity index (χ4n) is 3.24. The minimum absolute atomic E-state index is 0.0142. The van der Waals surface area contributed by atoms with Crippen LogP contribution in [0.5, 0.6) is 5.75 Å². The molecule has 4 atom stereocenters. The number of benzene rings is 1. The van der Waals surface area contributed by atoms with E-state index in [9.17, 15) is 24.0 Å². The van der Waals surface area contributed by atoms with E-state index in [-0.39, 0.29) is 38.0 Å². The Kier molecular flexibility index (Phi) is 18.5. The van der Waals surface area contributed by atoms with Crippen LogP contribution in [0, 0.1) is 5.92 Å². The largest absolute Gasteiger partial charge is 0.481 e. The first kappa shape index (κ1) is 37.4. The zero-order chi connectivity index (χ0) is 31.5. The van der Waals surface area contributed by atoms with Crippen LogP contribution in [0.3, 0.4) is 0 Å². The number of carbonyl (C=O) groups excluding carboxylic acids is 2. The third-order valence-corrected chi connectivity index (χ3v) is 5.50. The Labute approximate surface area is 239 Å². The molecule has 0 spiro atoms. The molecule has 0 heterocycles. The molecule has 1 rings (SSSR count). The number of carboxylic acid groups (broad SMARTS) is 3. The highest BCUT2D eigenvalue weighted by Gasteiger charge is 2.20. The molecule has 1 aromatic carbocycles. The van der Waals surface area contributed by atoms with Crippen molar-refractivity contribution in [3.8, 4) is 5.75 Å². The number of nitrogens with two attached hydrogens (primary N) is 3. The first-order chi connectivity index (χ1) is 19.2. The number of hydrogen-bond acceptors (Lipinski definition) is 11. The second-order valence-corrected chi connectivity index (χ2v) is 9.79. The fraction of sp³-hybridized carbons (Fsp3) is 0.593. The van der Waals surface area contributed by atoms with Crippen LogP contribution in [0.1, 0.15) is 58.4 Å². The third-order valence-electron chi connectivity index (χ3n) is 5.50. The summed E-state index contributed by atoms with van der Waals surface area (Å²) >= 11 is 0. The highest BCUT2D eigenvalue weighted by Crippen LogP contribution is 2.14. The Hall–Kier alpha value is -3.59. The van der Waals surface area contributed by atoms with Crippen molar-refractivity contribution in [2.75, 3.05) is 13.2 Å². The van der Waals surface area contributed by atoms with Crippen LogP contribution in [0.2, 0.25) is 0 Å². The summed E-state index contributed by atoms with van der Waals surface area (Å²) in [5.41, 5.74) is 17.3. The lowest BCUT2D eigenvalue weighted by Gasteiger charge is -2.16. The lowest BCUT2D eigenvalue weighted by molar-refractivity contribution is -0.148. The zero-order valence-corrected chi connectivity index (χ0v) is 23.8. The molecule has 0 aliphatic rings. The predicted octanol–water partition coefficient (Wildman–Crippen LogP) is 0.484. The van der Waals surface area contributed by atoms with E-state index in [0.717, 1.165) is 6.42 Å². The summed E-state index contributed by atoms with van der Waals surface area (Å²) in [6, 6.07) is 2.83. The van der Waals surface area contributed by atoms with E-state index in [4.69, 9.17) is 42.0 Å². The maximum atomic E-state index is 11.6. The Morgan fingerprint density at radius 2 is 1.46 bits per heavy atom. The highest BCUT2D eigenvalue weighted by atomic mass is 16.5. The lowest BCUT2D eigenvalue weighted by atomic mass is 10.1. The van der Waals surface area contributed by atoms with Gasteiger partial charge >= 0.3 is 29.8 Å². The molecule has 0 fully saturated rings. The maximum absolute atomic E-state index is 11.6. The van der Waals surface area contributed by atoms with Gasteiger partial charge in [-0.1, -0.05) is 32.9 Å². The van der Waals surface area contributed by atoms with Crippen LogP contribution >= 0.6 is 0 Å². The van der Waals surface area contributed by atoms with Crippen LogP contribution in [-0.2, 0) is 35.1 Å². The molecule has 232 valence electrons. The Morgan fingerprint density at radius 3 is 1.95 bits per heavy atom. The van der Waals surface area contributed by atoms with Gasteiger partial charge in [-0.2, -0.15) is 0 Å². The summed E-state index contributed by atoms with van der Waals surface area (Å²) < 4.78 is 10.0. The van der Waals surface area contributed by atoms with E-state index >= 15 is 0 Å². The third kappa shape index (κ3) is 17.7. The number of hydrogen-bond donors (Lipinski definition) is 7. The average Bonchev–Trinajstić information content (AvgIpc) is 2.89. The predicted molar refractivity (Wildman–Crippen MR) is 149 cm³/mol. The van der Waals surface area contributed by atoms with Gasteiger partial charge in [0.1, 0.15) is 29.9 Å². The van der Waals surface area contributed by atoms with Crippen LogP contribution in [0.4, 0.5) is 0 Å². The average molecular weight is 585 g/mol. The molecular weight excluding hydrogens is 540 g/mol. The standard InChI is InChI=1S/C14H18N2O6.C13H26N2O4/c15-10(5-6-12(17)18)14(21)22-9-3-1-8(2-4-9)7-11(16)13(19)20;1-4-6-15-11(12(16)17)5-7-19-13(18)10(14)8-9(2)3/h1-4,10-11H,5-7,15-16H2,(H,17,18)(H,19,20);9-11,15H,4-8,14H2,1-3H3,(H,16,17). The van der Waals surface area contributed by atoms with Gasteiger partial charge in [0.05, 0.1) is 6.61 Å². The molecule has 14 nitrogen and oxygen atoms in total. The smallest absolute Gasteiger partial charge is 0.328 e. The highest BCUT2D eigenvalue weighted by molar-refractivity contribution is 5.79. The van der Waals surface area contributed by atoms with Gasteiger partial charge in [0, 0.05) is 12.8 Å². The Balaban J connectivity index is 0.000000790.